The number of anilines is 3. The van der Waals surface area contributed by atoms with E-state index in [1.54, 1.807) is 6.20 Å². The fourth-order valence-corrected chi connectivity index (χ4v) is 4.42. The average molecular weight is 512 g/mol. The van der Waals surface area contributed by atoms with Gasteiger partial charge >= 0.3 is 12.1 Å². The van der Waals surface area contributed by atoms with Crippen molar-refractivity contribution in [2.75, 3.05) is 23.7 Å². The molecule has 3 aromatic rings. The molecule has 1 aliphatic rings. The maximum absolute atomic E-state index is 12.7. The van der Waals surface area contributed by atoms with Gasteiger partial charge in [0.2, 0.25) is 5.91 Å². The fraction of sp³-hybridized carbons (Fsp3) is 0.296. The monoisotopic (exact) mass is 511 g/mol. The topological polar surface area (TPSA) is 100 Å². The second-order valence-electron chi connectivity index (χ2n) is 9.02. The molecule has 2 amide bonds. The summed E-state index contributed by atoms with van der Waals surface area (Å²) in [6.45, 7) is 0.741. The lowest BCUT2D eigenvalue weighted by Gasteiger charge is -2.32. The quantitative estimate of drug-likeness (QED) is 0.406. The first-order valence-electron chi connectivity index (χ1n) is 12.0. The van der Waals surface area contributed by atoms with Gasteiger partial charge in [-0.15, -0.1) is 0 Å². The number of nitrogens with two attached hydrogens (primary N) is 1. The fourth-order valence-electron chi connectivity index (χ4n) is 4.42. The maximum atomic E-state index is 12.7. The van der Waals surface area contributed by atoms with Crippen molar-refractivity contribution in [3.05, 3.63) is 83.6 Å². The minimum atomic E-state index is -4.83. The molecule has 10 heteroatoms. The van der Waals surface area contributed by atoms with Gasteiger partial charge in [-0.1, -0.05) is 42.5 Å². The Balaban J connectivity index is 1.40. The number of carbonyl (C=O) groups excluding carboxylic acids is 2. The van der Waals surface area contributed by atoms with Crippen molar-refractivity contribution in [3.63, 3.8) is 0 Å². The Morgan fingerprint density at radius 3 is 2.32 bits per heavy atom. The maximum Gasteiger partial charge on any atom is 0.471 e. The molecule has 37 heavy (non-hydrogen) atoms. The van der Waals surface area contributed by atoms with Crippen LogP contribution < -0.4 is 16.4 Å². The molecule has 2 heterocycles. The third-order valence-electron chi connectivity index (χ3n) is 6.36. The van der Waals surface area contributed by atoms with Gasteiger partial charge in [-0.05, 0) is 42.0 Å². The highest BCUT2D eigenvalue weighted by atomic mass is 19.4. The van der Waals surface area contributed by atoms with Crippen molar-refractivity contribution in [2.24, 2.45) is 5.73 Å². The van der Waals surface area contributed by atoms with Crippen LogP contribution in [0.3, 0.4) is 0 Å². The molecule has 2 aromatic carbocycles. The van der Waals surface area contributed by atoms with Crippen molar-refractivity contribution in [2.45, 2.75) is 37.9 Å². The van der Waals surface area contributed by atoms with Crippen LogP contribution >= 0.6 is 0 Å². The Bertz CT molecular complexity index is 1230. The van der Waals surface area contributed by atoms with Crippen LogP contribution in [0.5, 0.6) is 0 Å². The van der Waals surface area contributed by atoms with Crippen LogP contribution in [0.2, 0.25) is 0 Å². The van der Waals surface area contributed by atoms with Crippen molar-refractivity contribution in [1.29, 1.82) is 0 Å². The smallest absolute Gasteiger partial charge is 0.381 e. The molecule has 4 rings (SSSR count). The highest BCUT2D eigenvalue weighted by molar-refractivity contribution is 5.82. The number of alkyl halides is 3. The number of carbonyl (C=O) groups is 2. The molecular weight excluding hydrogens is 483 g/mol. The summed E-state index contributed by atoms with van der Waals surface area (Å²) in [5.74, 6) is -1.55. The molecule has 4 N–H and O–H groups in total. The van der Waals surface area contributed by atoms with E-state index in [0.717, 1.165) is 27.4 Å². The summed E-state index contributed by atoms with van der Waals surface area (Å²) in [6, 6.07) is 19.3. The number of pyridine rings is 1. The van der Waals surface area contributed by atoms with Crippen LogP contribution in [-0.4, -0.2) is 41.0 Å². The van der Waals surface area contributed by atoms with E-state index in [0.29, 0.717) is 30.8 Å². The number of amides is 2. The predicted octanol–water partition coefficient (Wildman–Crippen LogP) is 4.73. The van der Waals surface area contributed by atoms with Crippen LogP contribution in [0.4, 0.5) is 30.4 Å². The first-order valence-corrected chi connectivity index (χ1v) is 12.0. The lowest BCUT2D eigenvalue weighted by molar-refractivity contribution is -0.186. The summed E-state index contributed by atoms with van der Waals surface area (Å²) in [7, 11) is 0. The van der Waals surface area contributed by atoms with Crippen molar-refractivity contribution < 1.29 is 22.8 Å². The molecule has 1 aliphatic heterocycles. The Morgan fingerprint density at radius 1 is 1.03 bits per heavy atom. The van der Waals surface area contributed by atoms with Crippen LogP contribution in [0, 0.1) is 0 Å². The number of hydrogen-bond donors (Lipinski definition) is 3. The first-order chi connectivity index (χ1) is 17.7. The van der Waals surface area contributed by atoms with Gasteiger partial charge in [-0.2, -0.15) is 13.2 Å². The van der Waals surface area contributed by atoms with E-state index in [1.807, 2.05) is 60.7 Å². The lowest BCUT2D eigenvalue weighted by Crippen LogP contribution is -2.45. The van der Waals surface area contributed by atoms with E-state index >= 15 is 0 Å². The molecule has 1 fully saturated rings. The molecule has 7 nitrogen and oxygen atoms in total. The summed E-state index contributed by atoms with van der Waals surface area (Å²) in [5, 5.41) is 6.59. The number of hydrogen-bond acceptors (Lipinski definition) is 5. The predicted molar refractivity (Wildman–Crippen MR) is 135 cm³/mol. The summed E-state index contributed by atoms with van der Waals surface area (Å²) < 4.78 is 38.0. The minimum absolute atomic E-state index is 0.0620. The molecule has 0 spiro atoms. The molecule has 1 aromatic heterocycles. The molecule has 0 radical (unpaired) electrons. The molecule has 1 saturated heterocycles. The highest BCUT2D eigenvalue weighted by Crippen LogP contribution is 2.31. The number of primary amides is 1. The number of benzene rings is 2. The van der Waals surface area contributed by atoms with Gasteiger partial charge in [0.1, 0.15) is 5.82 Å². The third kappa shape index (κ3) is 6.99. The van der Waals surface area contributed by atoms with E-state index < -0.39 is 18.0 Å². The molecule has 0 saturated carbocycles. The van der Waals surface area contributed by atoms with E-state index in [4.69, 9.17) is 5.73 Å². The Kier molecular flexibility index (Phi) is 7.95. The average Bonchev–Trinajstić information content (AvgIpc) is 2.88. The summed E-state index contributed by atoms with van der Waals surface area (Å²) in [4.78, 5) is 28.3. The lowest BCUT2D eigenvalue weighted by atomic mass is 9.89. The Morgan fingerprint density at radius 2 is 1.70 bits per heavy atom. The van der Waals surface area contributed by atoms with Gasteiger partial charge in [0.25, 0.3) is 0 Å². The number of likely N-dealkylation sites (tertiary alicyclic amines) is 1. The van der Waals surface area contributed by atoms with Crippen LogP contribution in [0.15, 0.2) is 66.9 Å². The summed E-state index contributed by atoms with van der Waals surface area (Å²) >= 11 is 0. The van der Waals surface area contributed by atoms with Gasteiger partial charge in [0, 0.05) is 48.8 Å². The van der Waals surface area contributed by atoms with Gasteiger partial charge in [-0.3, -0.25) is 9.59 Å². The van der Waals surface area contributed by atoms with Gasteiger partial charge in [0.15, 0.2) is 0 Å². The van der Waals surface area contributed by atoms with E-state index in [9.17, 15) is 22.8 Å². The van der Waals surface area contributed by atoms with Crippen molar-refractivity contribution >= 4 is 29.0 Å². The minimum Gasteiger partial charge on any atom is -0.381 e. The highest BCUT2D eigenvalue weighted by Gasteiger charge is 2.43. The molecular formula is C27H28F3N5O2. The van der Waals surface area contributed by atoms with Crippen LogP contribution in [0.25, 0.3) is 0 Å². The molecule has 194 valence electrons. The number of nitrogens with one attached hydrogen (secondary N) is 2. The molecule has 0 bridgehead atoms. The van der Waals surface area contributed by atoms with Crippen LogP contribution in [-0.2, 0) is 22.6 Å². The SMILES string of the molecule is NC(=O)Cc1cnc(Nc2ccc(C3CCN(C(=O)C(F)(F)F)CC3)cc2)cc1NCc1ccccc1. The third-order valence-corrected chi connectivity index (χ3v) is 6.36. The van der Waals surface area contributed by atoms with Gasteiger partial charge in [-0.25, -0.2) is 4.98 Å². The normalized spacial score (nSPS) is 14.3. The molecule has 0 aliphatic carbocycles. The second-order valence-corrected chi connectivity index (χ2v) is 9.02. The van der Waals surface area contributed by atoms with E-state index in [-0.39, 0.29) is 25.4 Å². The summed E-state index contributed by atoms with van der Waals surface area (Å²) in [6.07, 6.45) is -2.19. The second kappa shape index (κ2) is 11.3. The largest absolute Gasteiger partial charge is 0.471 e. The Labute approximate surface area is 212 Å². The van der Waals surface area contributed by atoms with E-state index in [2.05, 4.69) is 15.6 Å². The number of nitrogens with zero attached hydrogens (tertiary/aromatic N) is 2. The van der Waals surface area contributed by atoms with Gasteiger partial charge in [0.05, 0.1) is 6.42 Å². The zero-order valence-electron chi connectivity index (χ0n) is 20.1. The van der Waals surface area contributed by atoms with Crippen molar-refractivity contribution in [1.82, 2.24) is 9.88 Å². The van der Waals surface area contributed by atoms with Crippen LogP contribution in [0.1, 0.15) is 35.4 Å². The summed E-state index contributed by atoms with van der Waals surface area (Å²) in [5.41, 5.74) is 9.73. The number of aromatic nitrogens is 1. The number of halogens is 3. The van der Waals surface area contributed by atoms with Crippen molar-refractivity contribution in [3.8, 4) is 0 Å². The Hall–Kier alpha value is -4.08. The number of piperidine rings is 1. The zero-order chi connectivity index (χ0) is 26.4. The van der Waals surface area contributed by atoms with E-state index in [1.165, 1.54) is 0 Å². The number of rotatable bonds is 8. The van der Waals surface area contributed by atoms with Gasteiger partial charge < -0.3 is 21.3 Å². The standard InChI is InChI=1S/C27H28F3N5O2/c28-27(29,30)26(37)35-12-10-20(11-13-35)19-6-8-22(9-7-19)34-25-15-23(21(17-33-25)14-24(31)36)32-16-18-4-2-1-3-5-18/h1-9,15,17,20H,10-14,16H2,(H2,31,36)(H2,32,33,34). The molecule has 0 atom stereocenters. The zero-order valence-corrected chi connectivity index (χ0v) is 20.1. The first kappa shape index (κ1) is 26.0. The molecule has 0 unspecified atom stereocenters.